The zero-order chi connectivity index (χ0) is 17.1. The molecule has 0 spiro atoms. The number of halogens is 2. The van der Waals surface area contributed by atoms with Crippen LogP contribution in [0.3, 0.4) is 0 Å². The Morgan fingerprint density at radius 1 is 1.38 bits per heavy atom. The number of ether oxygens (including phenoxy) is 1. The average Bonchev–Trinajstić information content (AvgIpc) is 2.51. The number of hydrogen-bond donors (Lipinski definition) is 2. The van der Waals surface area contributed by atoms with Gasteiger partial charge in [0.15, 0.2) is 5.96 Å². The van der Waals surface area contributed by atoms with Crippen LogP contribution in [0, 0.1) is 0 Å². The number of benzene rings is 1. The molecule has 0 saturated heterocycles. The van der Waals surface area contributed by atoms with Gasteiger partial charge in [-0.15, -0.1) is 24.0 Å². The van der Waals surface area contributed by atoms with Gasteiger partial charge in [0.1, 0.15) is 6.54 Å². The van der Waals surface area contributed by atoms with Crippen LogP contribution in [0.15, 0.2) is 29.3 Å². The minimum Gasteiger partial charge on any atom is -0.383 e. The van der Waals surface area contributed by atoms with Crippen LogP contribution in [0.2, 0.25) is 5.02 Å². The van der Waals surface area contributed by atoms with Crippen LogP contribution in [-0.4, -0.2) is 57.2 Å². The largest absolute Gasteiger partial charge is 0.383 e. The van der Waals surface area contributed by atoms with E-state index in [1.54, 1.807) is 7.11 Å². The Labute approximate surface area is 166 Å². The second-order valence-corrected chi connectivity index (χ2v) is 5.44. The molecule has 1 aromatic rings. The van der Waals surface area contributed by atoms with Crippen LogP contribution in [-0.2, 0) is 16.1 Å². The van der Waals surface area contributed by atoms with Gasteiger partial charge in [-0.05, 0) is 24.6 Å². The standard InChI is InChI=1S/C16H25ClN4O2.HI/c1-4-18-16(20-11-15(22)19-8-9-23-3)21(2)12-13-6-5-7-14(17)10-13;/h5-7,10H,4,8-9,11-12H2,1-3H3,(H,18,20)(H,19,22);1H. The summed E-state index contributed by atoms with van der Waals surface area (Å²) in [5.74, 6) is 0.544. The zero-order valence-corrected chi connectivity index (χ0v) is 17.4. The molecule has 0 bridgehead atoms. The van der Waals surface area contributed by atoms with E-state index >= 15 is 0 Å². The van der Waals surface area contributed by atoms with Gasteiger partial charge in [0.2, 0.25) is 5.91 Å². The number of carbonyl (C=O) groups is 1. The first-order valence-electron chi connectivity index (χ1n) is 7.56. The number of nitrogens with one attached hydrogen (secondary N) is 2. The number of hydrogen-bond acceptors (Lipinski definition) is 3. The van der Waals surface area contributed by atoms with Crippen molar-refractivity contribution in [2.75, 3.05) is 40.4 Å². The van der Waals surface area contributed by atoms with E-state index in [0.717, 1.165) is 12.1 Å². The number of methoxy groups -OCH3 is 1. The number of guanidine groups is 1. The molecule has 1 amide bonds. The first kappa shape index (κ1) is 22.9. The number of carbonyl (C=O) groups excluding carboxylic acids is 1. The van der Waals surface area contributed by atoms with Gasteiger partial charge in [0.05, 0.1) is 6.61 Å². The highest BCUT2D eigenvalue weighted by Crippen LogP contribution is 2.12. The Hall–Kier alpha value is -1.06. The molecule has 136 valence electrons. The minimum absolute atomic E-state index is 0. The molecule has 0 saturated carbocycles. The SMILES string of the molecule is CCNC(=NCC(=O)NCCOC)N(C)Cc1cccc(Cl)c1.I. The Kier molecular flexibility index (Phi) is 12.7. The maximum Gasteiger partial charge on any atom is 0.241 e. The summed E-state index contributed by atoms with van der Waals surface area (Å²) >= 11 is 6.00. The number of aliphatic imine (C=N–C) groups is 1. The first-order chi connectivity index (χ1) is 11.1. The van der Waals surface area contributed by atoms with Crippen molar-refractivity contribution in [1.82, 2.24) is 15.5 Å². The summed E-state index contributed by atoms with van der Waals surface area (Å²) in [6.45, 7) is 4.42. The Bertz CT molecular complexity index is 529. The van der Waals surface area contributed by atoms with Gasteiger partial charge in [0.25, 0.3) is 0 Å². The van der Waals surface area contributed by atoms with Crippen molar-refractivity contribution >= 4 is 47.4 Å². The van der Waals surface area contributed by atoms with Crippen LogP contribution >= 0.6 is 35.6 Å². The van der Waals surface area contributed by atoms with Crippen molar-refractivity contribution in [3.05, 3.63) is 34.9 Å². The van der Waals surface area contributed by atoms with E-state index in [2.05, 4.69) is 15.6 Å². The normalized spacial score (nSPS) is 10.8. The van der Waals surface area contributed by atoms with Crippen molar-refractivity contribution in [2.24, 2.45) is 4.99 Å². The topological polar surface area (TPSA) is 66.0 Å². The maximum absolute atomic E-state index is 11.7. The van der Waals surface area contributed by atoms with Gasteiger partial charge in [-0.1, -0.05) is 23.7 Å². The molecule has 0 aliphatic rings. The van der Waals surface area contributed by atoms with Crippen molar-refractivity contribution in [1.29, 1.82) is 0 Å². The molecule has 8 heteroatoms. The van der Waals surface area contributed by atoms with Crippen LogP contribution in [0.4, 0.5) is 0 Å². The second-order valence-electron chi connectivity index (χ2n) is 5.00. The monoisotopic (exact) mass is 468 g/mol. The molecular weight excluding hydrogens is 443 g/mol. The molecule has 24 heavy (non-hydrogen) atoms. The fourth-order valence-corrected chi connectivity index (χ4v) is 2.16. The Balaban J connectivity index is 0.00000529. The van der Waals surface area contributed by atoms with Gasteiger partial charge in [-0.25, -0.2) is 4.99 Å². The number of nitrogens with zero attached hydrogens (tertiary/aromatic N) is 2. The van der Waals surface area contributed by atoms with E-state index in [9.17, 15) is 4.79 Å². The van der Waals surface area contributed by atoms with Crippen LogP contribution in [0.5, 0.6) is 0 Å². The predicted molar refractivity (Wildman–Crippen MR) is 109 cm³/mol. The molecule has 0 aliphatic carbocycles. The molecule has 1 rings (SSSR count). The average molecular weight is 469 g/mol. The van der Waals surface area contributed by atoms with Gasteiger partial charge < -0.3 is 20.3 Å². The fraction of sp³-hybridized carbons (Fsp3) is 0.500. The molecule has 0 aromatic heterocycles. The molecular formula is C16H26ClIN4O2. The first-order valence-corrected chi connectivity index (χ1v) is 7.94. The highest BCUT2D eigenvalue weighted by Gasteiger charge is 2.08. The lowest BCUT2D eigenvalue weighted by Crippen LogP contribution is -2.39. The van der Waals surface area contributed by atoms with Gasteiger partial charge in [-0.3, -0.25) is 4.79 Å². The summed E-state index contributed by atoms with van der Waals surface area (Å²) in [5, 5.41) is 6.62. The molecule has 1 aromatic carbocycles. The predicted octanol–water partition coefficient (Wildman–Crippen LogP) is 2.12. The number of amides is 1. The van der Waals surface area contributed by atoms with Crippen LogP contribution < -0.4 is 10.6 Å². The molecule has 0 unspecified atom stereocenters. The lowest BCUT2D eigenvalue weighted by molar-refractivity contribution is -0.119. The van der Waals surface area contributed by atoms with Crippen LogP contribution in [0.1, 0.15) is 12.5 Å². The summed E-state index contributed by atoms with van der Waals surface area (Å²) in [6, 6.07) is 7.68. The summed E-state index contributed by atoms with van der Waals surface area (Å²) in [5.41, 5.74) is 1.08. The van der Waals surface area contributed by atoms with E-state index < -0.39 is 0 Å². The second kappa shape index (κ2) is 13.3. The Morgan fingerprint density at radius 3 is 2.75 bits per heavy atom. The van der Waals surface area contributed by atoms with E-state index in [-0.39, 0.29) is 36.4 Å². The summed E-state index contributed by atoms with van der Waals surface area (Å²) in [6.07, 6.45) is 0. The van der Waals surface area contributed by atoms with E-state index in [1.807, 2.05) is 43.1 Å². The summed E-state index contributed by atoms with van der Waals surface area (Å²) in [4.78, 5) is 18.0. The van der Waals surface area contributed by atoms with Crippen molar-refractivity contribution in [3.63, 3.8) is 0 Å². The van der Waals surface area contributed by atoms with Crippen LogP contribution in [0.25, 0.3) is 0 Å². The molecule has 6 nitrogen and oxygen atoms in total. The highest BCUT2D eigenvalue weighted by molar-refractivity contribution is 14.0. The molecule has 0 radical (unpaired) electrons. The summed E-state index contributed by atoms with van der Waals surface area (Å²) < 4.78 is 4.89. The molecule has 0 aliphatic heterocycles. The quantitative estimate of drug-likeness (QED) is 0.265. The van der Waals surface area contributed by atoms with Crippen molar-refractivity contribution in [2.45, 2.75) is 13.5 Å². The highest BCUT2D eigenvalue weighted by atomic mass is 127. The van der Waals surface area contributed by atoms with Crippen molar-refractivity contribution in [3.8, 4) is 0 Å². The Morgan fingerprint density at radius 2 is 2.12 bits per heavy atom. The molecule has 0 heterocycles. The van der Waals surface area contributed by atoms with Gasteiger partial charge in [0, 0.05) is 38.8 Å². The third-order valence-corrected chi connectivity index (χ3v) is 3.24. The van der Waals surface area contributed by atoms with Crippen molar-refractivity contribution < 1.29 is 9.53 Å². The molecule has 2 N–H and O–H groups in total. The smallest absolute Gasteiger partial charge is 0.241 e. The lowest BCUT2D eigenvalue weighted by atomic mass is 10.2. The lowest BCUT2D eigenvalue weighted by Gasteiger charge is -2.22. The summed E-state index contributed by atoms with van der Waals surface area (Å²) in [7, 11) is 3.52. The van der Waals surface area contributed by atoms with E-state index in [0.29, 0.717) is 30.7 Å². The fourth-order valence-electron chi connectivity index (χ4n) is 1.95. The van der Waals surface area contributed by atoms with E-state index in [4.69, 9.17) is 16.3 Å². The minimum atomic E-state index is -0.131. The maximum atomic E-state index is 11.7. The molecule has 0 fully saturated rings. The zero-order valence-electron chi connectivity index (χ0n) is 14.3. The van der Waals surface area contributed by atoms with E-state index in [1.165, 1.54) is 0 Å². The third-order valence-electron chi connectivity index (χ3n) is 3.01. The molecule has 0 atom stereocenters. The van der Waals surface area contributed by atoms with Gasteiger partial charge in [-0.2, -0.15) is 0 Å². The number of rotatable bonds is 8. The van der Waals surface area contributed by atoms with Gasteiger partial charge >= 0.3 is 0 Å². The third kappa shape index (κ3) is 9.29.